The average molecular weight is 401 g/mol. The summed E-state index contributed by atoms with van der Waals surface area (Å²) in [4.78, 5) is 25.4. The van der Waals surface area contributed by atoms with E-state index in [0.717, 1.165) is 30.5 Å². The zero-order chi connectivity index (χ0) is 19.8. The van der Waals surface area contributed by atoms with Crippen molar-refractivity contribution in [2.75, 3.05) is 12.4 Å². The molecule has 1 amide bonds. The summed E-state index contributed by atoms with van der Waals surface area (Å²) in [6.07, 6.45) is 6.14. The molecule has 0 bridgehead atoms. The van der Waals surface area contributed by atoms with Crippen molar-refractivity contribution in [2.45, 2.75) is 32.7 Å². The van der Waals surface area contributed by atoms with Gasteiger partial charge >= 0.3 is 0 Å². The quantitative estimate of drug-likeness (QED) is 0.730. The van der Waals surface area contributed by atoms with E-state index in [1.54, 1.807) is 35.1 Å². The Kier molecular flexibility index (Phi) is 4.85. The summed E-state index contributed by atoms with van der Waals surface area (Å²) in [5, 5.41) is 7.70. The summed E-state index contributed by atoms with van der Waals surface area (Å²) in [5.41, 5.74) is 2.92. The van der Waals surface area contributed by atoms with Gasteiger partial charge in [0.1, 0.15) is 17.8 Å². The van der Waals surface area contributed by atoms with Crippen LogP contribution in [0.1, 0.15) is 24.6 Å². The maximum Gasteiger partial charge on any atom is 0.277 e. The molecule has 3 aromatic rings. The van der Waals surface area contributed by atoms with E-state index in [0.29, 0.717) is 27.9 Å². The van der Waals surface area contributed by atoms with E-state index in [9.17, 15) is 9.59 Å². The number of rotatable bonds is 4. The summed E-state index contributed by atoms with van der Waals surface area (Å²) < 4.78 is 8.16. The number of ether oxygens (including phenoxy) is 1. The highest BCUT2D eigenvalue weighted by Gasteiger charge is 2.23. The van der Waals surface area contributed by atoms with Crippen molar-refractivity contribution in [3.05, 3.63) is 57.2 Å². The average Bonchev–Trinajstić information content (AvgIpc) is 3.02. The first-order valence-corrected chi connectivity index (χ1v) is 9.57. The van der Waals surface area contributed by atoms with Gasteiger partial charge in [0.15, 0.2) is 0 Å². The van der Waals surface area contributed by atoms with Gasteiger partial charge in [0.25, 0.3) is 5.56 Å². The predicted octanol–water partition coefficient (Wildman–Crippen LogP) is 2.92. The largest absolute Gasteiger partial charge is 0.495 e. The number of hydrogen-bond acceptors (Lipinski definition) is 4. The molecule has 1 aromatic carbocycles. The molecular weight excluding hydrogens is 380 g/mol. The summed E-state index contributed by atoms with van der Waals surface area (Å²) in [5.74, 6) is 0.743. The number of carbonyl (C=O) groups excluding carboxylic acids is 1. The molecule has 146 valence electrons. The van der Waals surface area contributed by atoms with Gasteiger partial charge in [-0.25, -0.2) is 4.52 Å². The second-order valence-electron chi connectivity index (χ2n) is 7.20. The van der Waals surface area contributed by atoms with Gasteiger partial charge in [-0.3, -0.25) is 9.59 Å². The van der Waals surface area contributed by atoms with Crippen molar-refractivity contribution in [1.82, 2.24) is 14.2 Å². The third kappa shape index (κ3) is 3.38. The van der Waals surface area contributed by atoms with Crippen LogP contribution in [0.5, 0.6) is 5.75 Å². The van der Waals surface area contributed by atoms with Crippen molar-refractivity contribution >= 4 is 28.7 Å². The first-order valence-electron chi connectivity index (χ1n) is 9.19. The maximum atomic E-state index is 13.0. The van der Waals surface area contributed by atoms with Gasteiger partial charge in [0.05, 0.1) is 17.8 Å². The molecule has 0 aliphatic heterocycles. The monoisotopic (exact) mass is 400 g/mol. The van der Waals surface area contributed by atoms with Crippen LogP contribution in [0.4, 0.5) is 5.69 Å². The molecule has 0 saturated heterocycles. The number of nitrogens with zero attached hydrogens (tertiary/aromatic N) is 3. The van der Waals surface area contributed by atoms with Gasteiger partial charge in [0.2, 0.25) is 5.91 Å². The molecule has 0 saturated carbocycles. The fourth-order valence-corrected chi connectivity index (χ4v) is 3.93. The number of aryl methyl sites for hydroxylation is 1. The zero-order valence-electron chi connectivity index (χ0n) is 15.7. The maximum absolute atomic E-state index is 13.0. The fraction of sp³-hybridized carbons (Fsp3) is 0.350. The standard InChI is InChI=1S/C20H21ClN4O3/c1-12-3-5-16-14(9-12)19-20(27)24(7-8-25(19)23-16)11-18(26)22-13-4-6-17(28-2)15(21)10-13/h4,6-8,10,12H,3,5,9,11H2,1-2H3,(H,22,26)/t12-/m0/s1. The molecule has 1 N–H and O–H groups in total. The summed E-state index contributed by atoms with van der Waals surface area (Å²) in [7, 11) is 1.53. The Bertz CT molecular complexity index is 1120. The Morgan fingerprint density at radius 3 is 2.96 bits per heavy atom. The number of hydrogen-bond donors (Lipinski definition) is 1. The van der Waals surface area contributed by atoms with Crippen molar-refractivity contribution in [1.29, 1.82) is 0 Å². The van der Waals surface area contributed by atoms with Crippen LogP contribution in [0.3, 0.4) is 0 Å². The summed E-state index contributed by atoms with van der Waals surface area (Å²) >= 11 is 6.09. The second kappa shape index (κ2) is 7.31. The molecule has 0 fully saturated rings. The Balaban J connectivity index is 1.58. The minimum absolute atomic E-state index is 0.0888. The lowest BCUT2D eigenvalue weighted by Crippen LogP contribution is -2.28. The van der Waals surface area contributed by atoms with Crippen molar-refractivity contribution in [3.8, 4) is 5.75 Å². The van der Waals surface area contributed by atoms with Crippen LogP contribution < -0.4 is 15.6 Å². The van der Waals surface area contributed by atoms with Crippen LogP contribution >= 0.6 is 11.6 Å². The molecule has 8 heteroatoms. The number of halogens is 1. The van der Waals surface area contributed by atoms with E-state index in [-0.39, 0.29) is 18.0 Å². The number of anilines is 1. The van der Waals surface area contributed by atoms with Gasteiger partial charge in [-0.1, -0.05) is 18.5 Å². The highest BCUT2D eigenvalue weighted by molar-refractivity contribution is 6.32. The highest BCUT2D eigenvalue weighted by atomic mass is 35.5. The molecule has 4 rings (SSSR count). The third-order valence-corrected chi connectivity index (χ3v) is 5.41. The highest BCUT2D eigenvalue weighted by Crippen LogP contribution is 2.28. The summed E-state index contributed by atoms with van der Waals surface area (Å²) in [6, 6.07) is 4.98. The van der Waals surface area contributed by atoms with Crippen LogP contribution in [0, 0.1) is 5.92 Å². The fourth-order valence-electron chi connectivity index (χ4n) is 3.67. The summed E-state index contributed by atoms with van der Waals surface area (Å²) in [6.45, 7) is 2.09. The van der Waals surface area contributed by atoms with Gasteiger partial charge in [-0.2, -0.15) is 5.10 Å². The van der Waals surface area contributed by atoms with Crippen molar-refractivity contribution < 1.29 is 9.53 Å². The van der Waals surface area contributed by atoms with Crippen LogP contribution in [0.15, 0.2) is 35.4 Å². The smallest absolute Gasteiger partial charge is 0.277 e. The number of amides is 1. The van der Waals surface area contributed by atoms with Gasteiger partial charge < -0.3 is 14.6 Å². The molecule has 7 nitrogen and oxygen atoms in total. The molecule has 2 aromatic heterocycles. The lowest BCUT2D eigenvalue weighted by molar-refractivity contribution is -0.116. The molecule has 1 aliphatic carbocycles. The molecule has 2 heterocycles. The van der Waals surface area contributed by atoms with E-state index < -0.39 is 0 Å². The molecule has 0 spiro atoms. The number of methoxy groups -OCH3 is 1. The molecule has 1 aliphatic rings. The van der Waals surface area contributed by atoms with E-state index >= 15 is 0 Å². The number of carbonyl (C=O) groups is 1. The Labute approximate surface area is 166 Å². The van der Waals surface area contributed by atoms with Gasteiger partial charge in [0, 0.05) is 23.6 Å². The number of fused-ring (bicyclic) bond motifs is 3. The van der Waals surface area contributed by atoms with Crippen LogP contribution in [0.2, 0.25) is 5.02 Å². The van der Waals surface area contributed by atoms with Crippen LogP contribution in [0.25, 0.3) is 5.52 Å². The van der Waals surface area contributed by atoms with E-state index in [2.05, 4.69) is 17.3 Å². The Morgan fingerprint density at radius 2 is 2.21 bits per heavy atom. The predicted molar refractivity (Wildman–Crippen MR) is 107 cm³/mol. The molecule has 28 heavy (non-hydrogen) atoms. The minimum Gasteiger partial charge on any atom is -0.495 e. The molecule has 1 atom stereocenters. The Hall–Kier alpha value is -2.80. The zero-order valence-corrected chi connectivity index (χ0v) is 16.5. The first kappa shape index (κ1) is 18.6. The van der Waals surface area contributed by atoms with E-state index in [4.69, 9.17) is 16.3 Å². The van der Waals surface area contributed by atoms with Crippen molar-refractivity contribution in [2.24, 2.45) is 5.92 Å². The third-order valence-electron chi connectivity index (χ3n) is 5.12. The first-order chi connectivity index (χ1) is 13.5. The topological polar surface area (TPSA) is 77.6 Å². The SMILES string of the molecule is COc1ccc(NC(=O)Cn2ccn3nc4c(c3c2=O)C[C@@H](C)CC4)cc1Cl. The van der Waals surface area contributed by atoms with E-state index in [1.807, 2.05) is 0 Å². The molecular formula is C20H21ClN4O3. The number of aromatic nitrogens is 3. The lowest BCUT2D eigenvalue weighted by atomic mass is 9.88. The minimum atomic E-state index is -0.311. The number of nitrogens with one attached hydrogen (secondary N) is 1. The van der Waals surface area contributed by atoms with Gasteiger partial charge in [-0.05, 0) is 43.4 Å². The normalized spacial score (nSPS) is 16.0. The van der Waals surface area contributed by atoms with Gasteiger partial charge in [-0.15, -0.1) is 0 Å². The van der Waals surface area contributed by atoms with Crippen LogP contribution in [-0.2, 0) is 24.2 Å². The van der Waals surface area contributed by atoms with E-state index in [1.165, 1.54) is 11.7 Å². The lowest BCUT2D eigenvalue weighted by Gasteiger charge is -2.16. The molecule has 0 radical (unpaired) electrons. The Morgan fingerprint density at radius 1 is 1.39 bits per heavy atom. The van der Waals surface area contributed by atoms with Crippen molar-refractivity contribution in [3.63, 3.8) is 0 Å². The number of benzene rings is 1. The second-order valence-corrected chi connectivity index (χ2v) is 7.60. The molecule has 0 unspecified atom stereocenters. The van der Waals surface area contributed by atoms with Crippen LogP contribution in [-0.4, -0.2) is 27.2 Å².